The van der Waals surface area contributed by atoms with Crippen molar-refractivity contribution in [2.24, 2.45) is 11.8 Å². The number of nitrogens with two attached hydrogens (primary N) is 1. The summed E-state index contributed by atoms with van der Waals surface area (Å²) >= 11 is 6.07. The van der Waals surface area contributed by atoms with Crippen molar-refractivity contribution in [1.82, 2.24) is 10.2 Å². The van der Waals surface area contributed by atoms with Gasteiger partial charge in [-0.05, 0) is 63.2 Å². The number of carbonyl (C=O) groups excluding carboxylic acids is 1. The lowest BCUT2D eigenvalue weighted by Crippen LogP contribution is -2.39. The number of sulfone groups is 1. The van der Waals surface area contributed by atoms with Crippen molar-refractivity contribution in [2.45, 2.75) is 32.6 Å². The Bertz CT molecular complexity index is 1030. The Hall–Kier alpha value is -2.03. The molecule has 188 valence electrons. The van der Waals surface area contributed by atoms with Gasteiger partial charge in [0.25, 0.3) is 5.91 Å². The van der Waals surface area contributed by atoms with Crippen molar-refractivity contribution in [1.29, 1.82) is 0 Å². The van der Waals surface area contributed by atoms with Crippen LogP contribution in [0.15, 0.2) is 35.9 Å². The Labute approximate surface area is 208 Å². The van der Waals surface area contributed by atoms with Crippen LogP contribution in [0.4, 0.5) is 5.69 Å². The van der Waals surface area contributed by atoms with E-state index in [1.807, 2.05) is 12.2 Å². The lowest BCUT2D eigenvalue weighted by molar-refractivity contribution is 0.0933. The first-order valence-electron chi connectivity index (χ1n) is 11.9. The molecule has 9 heteroatoms. The highest BCUT2D eigenvalue weighted by atomic mass is 35.5. The highest BCUT2D eigenvalue weighted by Gasteiger charge is 2.23. The van der Waals surface area contributed by atoms with E-state index < -0.39 is 9.84 Å². The van der Waals surface area contributed by atoms with Gasteiger partial charge in [-0.1, -0.05) is 42.3 Å². The Kier molecular flexibility index (Phi) is 9.45. The Morgan fingerprint density at radius 2 is 2.03 bits per heavy atom. The molecule has 0 saturated carbocycles. The lowest BCUT2D eigenvalue weighted by Gasteiger charge is -2.32. The second kappa shape index (κ2) is 12.1. The van der Waals surface area contributed by atoms with Gasteiger partial charge >= 0.3 is 0 Å². The molecule has 1 aromatic rings. The number of halogens is 1. The summed E-state index contributed by atoms with van der Waals surface area (Å²) in [6, 6.07) is 3.09. The van der Waals surface area contributed by atoms with Gasteiger partial charge in [0.05, 0.1) is 34.9 Å². The maximum absolute atomic E-state index is 12.6. The smallest absolute Gasteiger partial charge is 0.255 e. The zero-order valence-electron chi connectivity index (χ0n) is 20.1. The van der Waals surface area contributed by atoms with Gasteiger partial charge < -0.3 is 20.7 Å². The Balaban J connectivity index is 1.38. The molecule has 0 spiro atoms. The van der Waals surface area contributed by atoms with Crippen LogP contribution in [0.2, 0.25) is 5.02 Å². The van der Waals surface area contributed by atoms with Crippen molar-refractivity contribution in [3.8, 4) is 5.75 Å². The number of rotatable bonds is 10. The summed E-state index contributed by atoms with van der Waals surface area (Å²) in [6.07, 6.45) is 9.48. The second-order valence-electron chi connectivity index (χ2n) is 9.32. The number of anilines is 1. The molecule has 0 radical (unpaired) electrons. The maximum atomic E-state index is 12.6. The first-order valence-corrected chi connectivity index (χ1v) is 14.1. The highest BCUT2D eigenvalue weighted by molar-refractivity contribution is 7.91. The highest BCUT2D eigenvalue weighted by Crippen LogP contribution is 2.29. The van der Waals surface area contributed by atoms with Crippen LogP contribution in [0, 0.1) is 11.8 Å². The first kappa shape index (κ1) is 26.6. The van der Waals surface area contributed by atoms with Crippen LogP contribution in [-0.2, 0) is 9.84 Å². The molecule has 2 aliphatic rings. The monoisotopic (exact) mass is 509 g/mol. The lowest BCUT2D eigenvalue weighted by atomic mass is 9.95. The maximum Gasteiger partial charge on any atom is 0.255 e. The third-order valence-electron chi connectivity index (χ3n) is 6.71. The summed E-state index contributed by atoms with van der Waals surface area (Å²) in [6.45, 7) is 5.26. The molecule has 1 aliphatic heterocycles. The molecule has 1 unspecified atom stereocenters. The molecule has 7 nitrogen and oxygen atoms in total. The van der Waals surface area contributed by atoms with Crippen LogP contribution in [0.25, 0.3) is 0 Å². The third-order valence-corrected chi connectivity index (χ3v) is 8.72. The number of hydrogen-bond acceptors (Lipinski definition) is 6. The van der Waals surface area contributed by atoms with Gasteiger partial charge in [-0.15, -0.1) is 0 Å². The van der Waals surface area contributed by atoms with Crippen LogP contribution >= 0.6 is 11.6 Å². The fourth-order valence-corrected chi connectivity index (χ4v) is 6.24. The molecular weight excluding hydrogens is 474 g/mol. The topological polar surface area (TPSA) is 102 Å². The largest absolute Gasteiger partial charge is 0.496 e. The van der Waals surface area contributed by atoms with E-state index in [1.165, 1.54) is 13.2 Å². The molecule has 1 atom stereocenters. The predicted molar refractivity (Wildman–Crippen MR) is 138 cm³/mol. The Morgan fingerprint density at radius 3 is 2.71 bits per heavy atom. The molecule has 1 aromatic carbocycles. The van der Waals surface area contributed by atoms with Crippen molar-refractivity contribution < 1.29 is 17.9 Å². The number of methoxy groups -OCH3 is 1. The van der Waals surface area contributed by atoms with Gasteiger partial charge in [-0.2, -0.15) is 0 Å². The summed E-state index contributed by atoms with van der Waals surface area (Å²) in [5, 5.41) is 3.31. The van der Waals surface area contributed by atoms with Crippen LogP contribution < -0.4 is 15.8 Å². The van der Waals surface area contributed by atoms with E-state index in [9.17, 15) is 13.2 Å². The van der Waals surface area contributed by atoms with Crippen molar-refractivity contribution >= 4 is 33.0 Å². The van der Waals surface area contributed by atoms with E-state index >= 15 is 0 Å². The number of hydrogen-bond donors (Lipinski definition) is 2. The number of benzene rings is 1. The average molecular weight is 510 g/mol. The number of amides is 1. The average Bonchev–Trinajstić information content (AvgIpc) is 2.81. The van der Waals surface area contributed by atoms with Crippen LogP contribution in [0.5, 0.6) is 5.75 Å². The minimum atomic E-state index is -3.09. The van der Waals surface area contributed by atoms with Gasteiger partial charge in [-0.25, -0.2) is 8.42 Å². The van der Waals surface area contributed by atoms with Crippen LogP contribution in [0.3, 0.4) is 0 Å². The number of carbonyl (C=O) groups is 1. The standard InChI is InChI=1S/C25H36ClN3O4S/c1-18-6-3-4-7-20(18)17-34(31,32)13-5-10-29-11-8-19(9-12-29)16-28-25(30)21-14-22(26)23(27)15-24(21)33-2/h3-4,7,14-15,18-19H,5-6,8-13,16-17,27H2,1-2H3,(H,28,30). The second-order valence-corrected chi connectivity index (χ2v) is 11.9. The summed E-state index contributed by atoms with van der Waals surface area (Å²) in [5.41, 5.74) is 7.54. The quantitative estimate of drug-likeness (QED) is 0.466. The van der Waals surface area contributed by atoms with E-state index in [1.54, 1.807) is 6.07 Å². The summed E-state index contributed by atoms with van der Waals surface area (Å²) in [5.74, 6) is 1.25. The number of nitrogens with one attached hydrogen (secondary N) is 1. The molecule has 3 N–H and O–H groups in total. The molecule has 3 rings (SSSR count). The van der Waals surface area contributed by atoms with E-state index in [0.717, 1.165) is 44.5 Å². The van der Waals surface area contributed by atoms with E-state index in [2.05, 4.69) is 23.2 Å². The van der Waals surface area contributed by atoms with Gasteiger partial charge in [-0.3, -0.25) is 4.79 Å². The normalized spacial score (nSPS) is 19.6. The molecule has 34 heavy (non-hydrogen) atoms. The van der Waals surface area contributed by atoms with Crippen molar-refractivity contribution in [3.05, 3.63) is 46.5 Å². The number of likely N-dealkylation sites (tertiary alicyclic amines) is 1. The van der Waals surface area contributed by atoms with E-state index in [4.69, 9.17) is 22.1 Å². The number of nitrogen functional groups attached to an aromatic ring is 1. The molecule has 1 aliphatic carbocycles. The SMILES string of the molecule is COc1cc(N)c(Cl)cc1C(=O)NCC1CCN(CCCS(=O)(=O)CC2=CC=CCC2C)CC1. The van der Waals surface area contributed by atoms with E-state index in [0.29, 0.717) is 46.8 Å². The zero-order chi connectivity index (χ0) is 24.7. The van der Waals surface area contributed by atoms with E-state index in [-0.39, 0.29) is 17.4 Å². The van der Waals surface area contributed by atoms with Crippen LogP contribution in [0.1, 0.15) is 43.0 Å². The van der Waals surface area contributed by atoms with Gasteiger partial charge in [0.15, 0.2) is 9.84 Å². The molecule has 1 fully saturated rings. The van der Waals surface area contributed by atoms with Crippen LogP contribution in [-0.4, -0.2) is 64.0 Å². The third kappa shape index (κ3) is 7.48. The number of allylic oxidation sites excluding steroid dienone is 3. The minimum absolute atomic E-state index is 0.171. The van der Waals surface area contributed by atoms with Crippen molar-refractivity contribution in [3.63, 3.8) is 0 Å². The predicted octanol–water partition coefficient (Wildman–Crippen LogP) is 3.70. The zero-order valence-corrected chi connectivity index (χ0v) is 21.6. The fraction of sp³-hybridized carbons (Fsp3) is 0.560. The van der Waals surface area contributed by atoms with Gasteiger partial charge in [0.2, 0.25) is 0 Å². The number of nitrogens with zero attached hydrogens (tertiary/aromatic N) is 1. The minimum Gasteiger partial charge on any atom is -0.496 e. The molecule has 0 aromatic heterocycles. The van der Waals surface area contributed by atoms with Gasteiger partial charge in [0.1, 0.15) is 5.75 Å². The number of ether oxygens (including phenoxy) is 1. The summed E-state index contributed by atoms with van der Waals surface area (Å²) in [4.78, 5) is 14.9. The van der Waals surface area contributed by atoms with Gasteiger partial charge in [0, 0.05) is 12.6 Å². The first-order chi connectivity index (χ1) is 16.2. The molecule has 1 heterocycles. The molecule has 1 amide bonds. The van der Waals surface area contributed by atoms with Crippen molar-refractivity contribution in [2.75, 3.05) is 50.5 Å². The molecular formula is C25H36ClN3O4S. The summed E-state index contributed by atoms with van der Waals surface area (Å²) < 4.78 is 30.3. The molecule has 1 saturated heterocycles. The summed E-state index contributed by atoms with van der Waals surface area (Å²) in [7, 11) is -1.59. The Morgan fingerprint density at radius 1 is 1.29 bits per heavy atom. The fourth-order valence-electron chi connectivity index (χ4n) is 4.48. The number of piperidine rings is 1. The molecule has 0 bridgehead atoms.